The van der Waals surface area contributed by atoms with Crippen LogP contribution < -0.4 is 16.4 Å². The van der Waals surface area contributed by atoms with Gasteiger partial charge in [0.2, 0.25) is 15.9 Å². The van der Waals surface area contributed by atoms with Crippen LogP contribution in [0.4, 0.5) is 10.5 Å². The molecule has 0 fully saturated rings. The lowest BCUT2D eigenvalue weighted by Crippen LogP contribution is -2.46. The highest BCUT2D eigenvalue weighted by Crippen LogP contribution is 2.18. The standard InChI is InChI=1S/C14H22N4O4S2/c1-18(2)24(21,22)11-6-4-5-10(9-11)16-13(19)12(7-8-23-3)17-14(15)20/h4-6,9,12H,7-8H2,1-3H3,(H,16,19)(H3,15,17,20)/t12-/m1/s1. The van der Waals surface area contributed by atoms with Gasteiger partial charge in [-0.25, -0.2) is 17.5 Å². The van der Waals surface area contributed by atoms with Crippen molar-refractivity contribution in [2.45, 2.75) is 17.4 Å². The van der Waals surface area contributed by atoms with Gasteiger partial charge in [0, 0.05) is 19.8 Å². The summed E-state index contributed by atoms with van der Waals surface area (Å²) in [5, 5.41) is 4.99. The van der Waals surface area contributed by atoms with E-state index in [1.54, 1.807) is 6.07 Å². The average Bonchev–Trinajstić information content (AvgIpc) is 2.51. The smallest absolute Gasteiger partial charge is 0.312 e. The molecule has 0 aromatic heterocycles. The lowest BCUT2D eigenvalue weighted by Gasteiger charge is -2.17. The van der Waals surface area contributed by atoms with E-state index in [2.05, 4.69) is 10.6 Å². The molecule has 0 radical (unpaired) electrons. The molecule has 1 aromatic rings. The van der Waals surface area contributed by atoms with Crippen molar-refractivity contribution < 1.29 is 18.0 Å². The fourth-order valence-corrected chi connectivity index (χ4v) is 3.27. The number of amides is 3. The molecule has 0 aliphatic rings. The minimum Gasteiger partial charge on any atom is -0.352 e. The number of primary amides is 1. The number of sulfonamides is 1. The number of carbonyl (C=O) groups excluding carboxylic acids is 2. The van der Waals surface area contributed by atoms with Crippen molar-refractivity contribution in [3.8, 4) is 0 Å². The van der Waals surface area contributed by atoms with Gasteiger partial charge in [-0.2, -0.15) is 11.8 Å². The lowest BCUT2D eigenvalue weighted by molar-refractivity contribution is -0.117. The van der Waals surface area contributed by atoms with E-state index < -0.39 is 28.0 Å². The summed E-state index contributed by atoms with van der Waals surface area (Å²) in [6, 6.07) is 4.33. The number of thioether (sulfide) groups is 1. The van der Waals surface area contributed by atoms with Crippen molar-refractivity contribution in [1.29, 1.82) is 0 Å². The Hall–Kier alpha value is -1.78. The van der Waals surface area contributed by atoms with E-state index in [1.165, 1.54) is 44.1 Å². The first kappa shape index (κ1) is 20.3. The number of benzene rings is 1. The largest absolute Gasteiger partial charge is 0.352 e. The molecule has 0 aliphatic heterocycles. The maximum atomic E-state index is 12.3. The van der Waals surface area contributed by atoms with E-state index in [1.807, 2.05) is 6.26 Å². The predicted molar refractivity (Wildman–Crippen MR) is 95.5 cm³/mol. The van der Waals surface area contributed by atoms with Gasteiger partial charge in [-0.15, -0.1) is 0 Å². The summed E-state index contributed by atoms with van der Waals surface area (Å²) in [7, 11) is -0.747. The summed E-state index contributed by atoms with van der Waals surface area (Å²) in [5.74, 6) is 0.204. The Morgan fingerprint density at radius 1 is 1.33 bits per heavy atom. The van der Waals surface area contributed by atoms with Gasteiger partial charge in [0.25, 0.3) is 0 Å². The SMILES string of the molecule is CSCC[C@@H](NC(N)=O)C(=O)Nc1cccc(S(=O)(=O)N(C)C)c1. The molecular formula is C14H22N4O4S2. The Labute approximate surface area is 146 Å². The molecule has 0 aliphatic carbocycles. The van der Waals surface area contributed by atoms with Crippen molar-refractivity contribution >= 4 is 39.4 Å². The van der Waals surface area contributed by atoms with Crippen LogP contribution in [0.5, 0.6) is 0 Å². The van der Waals surface area contributed by atoms with Gasteiger partial charge in [-0.3, -0.25) is 4.79 Å². The molecule has 134 valence electrons. The number of nitrogens with two attached hydrogens (primary N) is 1. The molecule has 0 unspecified atom stereocenters. The Balaban J connectivity index is 2.94. The van der Waals surface area contributed by atoms with Crippen molar-refractivity contribution in [2.75, 3.05) is 31.4 Å². The Kier molecular flexibility index (Phi) is 7.52. The highest BCUT2D eigenvalue weighted by Gasteiger charge is 2.21. The molecule has 24 heavy (non-hydrogen) atoms. The Morgan fingerprint density at radius 3 is 2.54 bits per heavy atom. The second-order valence-corrected chi connectivity index (χ2v) is 8.28. The van der Waals surface area contributed by atoms with Crippen LogP contribution in [0.1, 0.15) is 6.42 Å². The van der Waals surface area contributed by atoms with Crippen LogP contribution in [0.15, 0.2) is 29.2 Å². The molecule has 1 atom stereocenters. The van der Waals surface area contributed by atoms with E-state index in [4.69, 9.17) is 5.73 Å². The molecule has 3 amide bonds. The average molecular weight is 374 g/mol. The first-order valence-corrected chi connectivity index (χ1v) is 9.90. The quantitative estimate of drug-likeness (QED) is 0.617. The number of carbonyl (C=O) groups is 2. The summed E-state index contributed by atoms with van der Waals surface area (Å²) >= 11 is 1.53. The van der Waals surface area contributed by atoms with Crippen LogP contribution in [0.25, 0.3) is 0 Å². The third-order valence-corrected chi connectivity index (χ3v) is 5.58. The molecule has 0 bridgehead atoms. The molecule has 10 heteroatoms. The molecule has 8 nitrogen and oxygen atoms in total. The number of hydrogen-bond acceptors (Lipinski definition) is 5. The second-order valence-electron chi connectivity index (χ2n) is 5.15. The van der Waals surface area contributed by atoms with Crippen LogP contribution in [0.3, 0.4) is 0 Å². The fraction of sp³-hybridized carbons (Fsp3) is 0.429. The van der Waals surface area contributed by atoms with Gasteiger partial charge in [-0.05, 0) is 36.6 Å². The van der Waals surface area contributed by atoms with Crippen LogP contribution in [0.2, 0.25) is 0 Å². The summed E-state index contributed by atoms with van der Waals surface area (Å²) in [5.41, 5.74) is 5.41. The van der Waals surface area contributed by atoms with Crippen LogP contribution in [0, 0.1) is 0 Å². The number of rotatable bonds is 8. The normalized spacial score (nSPS) is 12.7. The number of anilines is 1. The topological polar surface area (TPSA) is 122 Å². The minimum atomic E-state index is -3.60. The molecule has 0 saturated heterocycles. The summed E-state index contributed by atoms with van der Waals surface area (Å²) in [6.45, 7) is 0. The van der Waals surface area contributed by atoms with E-state index >= 15 is 0 Å². The zero-order valence-electron chi connectivity index (χ0n) is 13.8. The van der Waals surface area contributed by atoms with Gasteiger partial charge < -0.3 is 16.4 Å². The maximum absolute atomic E-state index is 12.3. The molecule has 1 aromatic carbocycles. The predicted octanol–water partition coefficient (Wildman–Crippen LogP) is 0.665. The number of hydrogen-bond donors (Lipinski definition) is 3. The molecular weight excluding hydrogens is 352 g/mol. The first-order chi connectivity index (χ1) is 11.2. The van der Waals surface area contributed by atoms with Crippen molar-refractivity contribution in [2.24, 2.45) is 5.73 Å². The van der Waals surface area contributed by atoms with E-state index in [0.29, 0.717) is 17.9 Å². The summed E-state index contributed by atoms with van der Waals surface area (Å²) in [6.07, 6.45) is 2.29. The molecule has 1 rings (SSSR count). The number of urea groups is 1. The number of nitrogens with zero attached hydrogens (tertiary/aromatic N) is 1. The molecule has 0 spiro atoms. The number of nitrogens with one attached hydrogen (secondary N) is 2. The monoisotopic (exact) mass is 374 g/mol. The van der Waals surface area contributed by atoms with Crippen LogP contribution in [-0.4, -0.2) is 56.8 Å². The zero-order chi connectivity index (χ0) is 18.3. The highest BCUT2D eigenvalue weighted by atomic mass is 32.2. The Bertz CT molecular complexity index is 692. The first-order valence-electron chi connectivity index (χ1n) is 7.07. The lowest BCUT2D eigenvalue weighted by atomic mass is 10.2. The summed E-state index contributed by atoms with van der Waals surface area (Å²) in [4.78, 5) is 23.4. The van der Waals surface area contributed by atoms with Crippen molar-refractivity contribution in [1.82, 2.24) is 9.62 Å². The van der Waals surface area contributed by atoms with Gasteiger partial charge in [0.1, 0.15) is 6.04 Å². The van der Waals surface area contributed by atoms with Gasteiger partial charge in [0.05, 0.1) is 4.90 Å². The second kappa shape index (κ2) is 8.90. The van der Waals surface area contributed by atoms with E-state index in [-0.39, 0.29) is 4.90 Å². The van der Waals surface area contributed by atoms with E-state index in [9.17, 15) is 18.0 Å². The molecule has 0 heterocycles. The Morgan fingerprint density at radius 2 is 2.00 bits per heavy atom. The van der Waals surface area contributed by atoms with Crippen molar-refractivity contribution in [3.05, 3.63) is 24.3 Å². The van der Waals surface area contributed by atoms with Crippen LogP contribution >= 0.6 is 11.8 Å². The van der Waals surface area contributed by atoms with E-state index in [0.717, 1.165) is 4.31 Å². The van der Waals surface area contributed by atoms with Gasteiger partial charge in [0.15, 0.2) is 0 Å². The maximum Gasteiger partial charge on any atom is 0.312 e. The third kappa shape index (κ3) is 5.69. The molecule has 0 saturated carbocycles. The fourth-order valence-electron chi connectivity index (χ4n) is 1.85. The van der Waals surface area contributed by atoms with Crippen LogP contribution in [-0.2, 0) is 14.8 Å². The highest BCUT2D eigenvalue weighted by molar-refractivity contribution is 7.98. The third-order valence-electron chi connectivity index (χ3n) is 3.12. The van der Waals surface area contributed by atoms with Crippen molar-refractivity contribution in [3.63, 3.8) is 0 Å². The summed E-state index contributed by atoms with van der Waals surface area (Å²) < 4.78 is 25.3. The zero-order valence-corrected chi connectivity index (χ0v) is 15.4. The van der Waals surface area contributed by atoms with Gasteiger partial charge >= 0.3 is 6.03 Å². The molecule has 4 N–H and O–H groups in total. The van der Waals surface area contributed by atoms with Gasteiger partial charge in [-0.1, -0.05) is 6.07 Å². The minimum absolute atomic E-state index is 0.0637.